The van der Waals surface area contributed by atoms with E-state index in [1.807, 2.05) is 57.2 Å². The van der Waals surface area contributed by atoms with Gasteiger partial charge in [-0.15, -0.1) is 0 Å². The van der Waals surface area contributed by atoms with E-state index in [0.717, 1.165) is 103 Å². The van der Waals surface area contributed by atoms with Crippen LogP contribution in [0, 0.1) is 116 Å². The van der Waals surface area contributed by atoms with Gasteiger partial charge in [-0.2, -0.15) is 0 Å². The van der Waals surface area contributed by atoms with Gasteiger partial charge in [0.15, 0.2) is 0 Å². The summed E-state index contributed by atoms with van der Waals surface area (Å²) in [7, 11) is 1.49. The van der Waals surface area contributed by atoms with Crippen LogP contribution >= 0.6 is 0 Å². The smallest absolute Gasteiger partial charge is 0.407 e. The second kappa shape index (κ2) is 24.6. The first-order valence-electron chi connectivity index (χ1n) is 33.9. The van der Waals surface area contributed by atoms with Crippen molar-refractivity contribution in [3.63, 3.8) is 0 Å². The molecular formula is C75H102N2O9. The van der Waals surface area contributed by atoms with Gasteiger partial charge >= 0.3 is 24.0 Å². The molecule has 466 valence electrons. The average Bonchev–Trinajstić information content (AvgIpc) is 1.35. The molecule has 8 aliphatic rings. The Labute approximate surface area is 514 Å². The number of carbonyl (C=O) groups is 5. The second-order valence-electron chi connectivity index (χ2n) is 31.2. The molecule has 2 aromatic carbocycles. The third-order valence-electron chi connectivity index (χ3n) is 25.8. The predicted molar refractivity (Wildman–Crippen MR) is 337 cm³/mol. The van der Waals surface area contributed by atoms with Gasteiger partial charge in [-0.05, 0) is 273 Å². The molecule has 0 bridgehead atoms. The van der Waals surface area contributed by atoms with E-state index in [1.165, 1.54) is 84.2 Å². The number of hydrogen-bond donors (Lipinski definition) is 1. The van der Waals surface area contributed by atoms with Gasteiger partial charge in [0.25, 0.3) is 0 Å². The number of aromatic nitrogens is 1. The highest BCUT2D eigenvalue weighted by Gasteiger charge is 2.63. The van der Waals surface area contributed by atoms with Crippen molar-refractivity contribution < 1.29 is 42.9 Å². The highest BCUT2D eigenvalue weighted by Crippen LogP contribution is 2.70. The van der Waals surface area contributed by atoms with Crippen LogP contribution < -0.4 is 5.32 Å². The quantitative estimate of drug-likeness (QED) is 0.101. The van der Waals surface area contributed by atoms with Gasteiger partial charge in [-0.25, -0.2) is 14.4 Å². The van der Waals surface area contributed by atoms with E-state index < -0.39 is 23.6 Å². The maximum atomic E-state index is 13.6. The number of fused-ring (bicyclic) bond motifs is 13. The van der Waals surface area contributed by atoms with Crippen molar-refractivity contribution in [2.75, 3.05) is 13.7 Å². The van der Waals surface area contributed by atoms with E-state index in [-0.39, 0.29) is 29.0 Å². The Morgan fingerprint density at radius 2 is 1.06 bits per heavy atom. The highest BCUT2D eigenvalue weighted by atomic mass is 16.6. The molecule has 18 atom stereocenters. The summed E-state index contributed by atoms with van der Waals surface area (Å²) < 4.78 is 25.1. The number of hydrogen-bond acceptors (Lipinski definition) is 9. The number of amides is 1. The molecule has 11 heteroatoms. The largest absolute Gasteiger partial charge is 0.469 e. The van der Waals surface area contributed by atoms with E-state index >= 15 is 0 Å². The molecular weight excluding hydrogens is 1070 g/mol. The minimum Gasteiger partial charge on any atom is -0.469 e. The second-order valence-corrected chi connectivity index (χ2v) is 31.2. The molecule has 0 saturated heterocycles. The summed E-state index contributed by atoms with van der Waals surface area (Å²) in [6, 6.07) is 12.0. The Hall–Kier alpha value is -5.29. The fraction of sp³-hybridized carbons (Fsp3) is 0.720. The molecule has 8 unspecified atom stereocenters. The van der Waals surface area contributed by atoms with Gasteiger partial charge in [0.2, 0.25) is 0 Å². The molecule has 86 heavy (non-hydrogen) atoms. The standard InChI is InChI=1S/C75H102N2O9/c1-46(12-14-48(3)78)59-25-27-61-57-23-19-51-44-53(32-36-72(51,7)63(57)34-38-74(59,61)9)84-68(80)30-17-49-15-21-55-56-22-16-50(43-66(56)77(65(55)42-49)41-40-76-70(82)86-71(4,5)6)18-31-69(81)85-54-33-37-73(8)52(45-54)20-24-58-62-28-26-60(47(2)13-29-67(79)83-11)75(62,10)39-35-64(58)73/h15-16,21-22,42-43,46-47,51-54,57-64H,12-14,19-20,23-29,32-41,44-45H2,1-11H3,(H,76,82)/t46-,47-,51-,52-,53-,54-,57+,58+,59?,60?,61+,62+,63?,64?,72?,73?,74?,75?/m1/s1. The van der Waals surface area contributed by atoms with E-state index in [1.54, 1.807) is 6.92 Å². The fourth-order valence-electron chi connectivity index (χ4n) is 21.6. The van der Waals surface area contributed by atoms with Crippen LogP contribution in [-0.4, -0.2) is 65.8 Å². The lowest BCUT2D eigenvalue weighted by Gasteiger charge is -2.61. The number of methoxy groups -OCH3 is 1. The van der Waals surface area contributed by atoms with Crippen LogP contribution in [0.5, 0.6) is 0 Å². The SMILES string of the molecule is COC(=O)CC[C@@H](C)C1CC[C@H]2[C@@H]3CC[C@@H]4C[C@H](OC(=O)C#Cc5ccc6c7ccc(C#CC(=O)O[C@@H]8CCC9(C)C%10CCC%11(C)C([C@H](C)CCC(C)=O)CC[C@H]%11[C@@H]%10CC[C@@H]9C8)cc7n(CCNC(=O)OC(C)(C)C)c6c5)CCC4(C)C3CCC12C. The molecule has 1 heterocycles. The molecule has 3 aromatic rings. The first kappa shape index (κ1) is 62.3. The van der Waals surface area contributed by atoms with Crippen molar-refractivity contribution in [2.24, 2.45) is 92.7 Å². The summed E-state index contributed by atoms with van der Waals surface area (Å²) in [5, 5.41) is 4.91. The van der Waals surface area contributed by atoms with Gasteiger partial charge < -0.3 is 33.6 Å². The van der Waals surface area contributed by atoms with Crippen LogP contribution in [-0.2, 0) is 44.7 Å². The van der Waals surface area contributed by atoms with Gasteiger partial charge in [-0.3, -0.25) is 4.79 Å². The summed E-state index contributed by atoms with van der Waals surface area (Å²) >= 11 is 0. The van der Waals surface area contributed by atoms with Crippen LogP contribution in [0.15, 0.2) is 36.4 Å². The lowest BCUT2D eigenvalue weighted by atomic mass is 9.44. The summed E-state index contributed by atoms with van der Waals surface area (Å²) in [6.07, 6.45) is 23.3. The Balaban J connectivity index is 0.727. The first-order valence-corrected chi connectivity index (χ1v) is 33.9. The van der Waals surface area contributed by atoms with Crippen molar-refractivity contribution in [2.45, 2.75) is 235 Å². The minimum absolute atomic E-state index is 0.0975. The van der Waals surface area contributed by atoms with Crippen molar-refractivity contribution >= 4 is 51.6 Å². The highest BCUT2D eigenvalue weighted by molar-refractivity contribution is 6.09. The average molecular weight is 1180 g/mol. The number of ether oxygens (including phenoxy) is 4. The molecule has 0 radical (unpaired) electrons. The topological polar surface area (TPSA) is 139 Å². The Kier molecular flexibility index (Phi) is 17.8. The normalized spacial score (nSPS) is 35.9. The van der Waals surface area contributed by atoms with Gasteiger partial charge in [0, 0.05) is 59.7 Å². The molecule has 0 spiro atoms. The van der Waals surface area contributed by atoms with Crippen molar-refractivity contribution in [1.29, 1.82) is 0 Å². The molecule has 8 aliphatic carbocycles. The Bertz CT molecular complexity index is 3200. The summed E-state index contributed by atoms with van der Waals surface area (Å²) in [5.74, 6) is 19.2. The molecule has 1 amide bonds. The third-order valence-corrected chi connectivity index (χ3v) is 25.8. The van der Waals surface area contributed by atoms with Gasteiger partial charge in [0.05, 0.1) is 18.1 Å². The number of nitrogens with one attached hydrogen (secondary N) is 1. The number of nitrogens with zero attached hydrogens (tertiary/aromatic N) is 1. The minimum atomic E-state index is -0.641. The molecule has 0 aliphatic heterocycles. The van der Waals surface area contributed by atoms with Crippen LogP contribution in [0.4, 0.5) is 4.79 Å². The van der Waals surface area contributed by atoms with E-state index in [4.69, 9.17) is 18.9 Å². The number of carbonyl (C=O) groups excluding carboxylic acids is 5. The van der Waals surface area contributed by atoms with Crippen molar-refractivity contribution in [1.82, 2.24) is 9.88 Å². The van der Waals surface area contributed by atoms with Crippen LogP contribution in [0.25, 0.3) is 21.8 Å². The number of benzene rings is 2. The zero-order valence-corrected chi connectivity index (χ0v) is 54.1. The number of ketones is 1. The number of esters is 3. The Morgan fingerprint density at radius 1 is 0.605 bits per heavy atom. The molecule has 1 N–H and O–H groups in total. The summed E-state index contributed by atoms with van der Waals surface area (Å²) in [5.41, 5.74) is 3.73. The van der Waals surface area contributed by atoms with Gasteiger partial charge in [0.1, 0.15) is 23.6 Å². The van der Waals surface area contributed by atoms with E-state index in [9.17, 15) is 24.0 Å². The number of Topliss-reactive ketones (excluding diaryl/α,β-unsaturated/α-hetero) is 1. The van der Waals surface area contributed by atoms with Crippen molar-refractivity contribution in [3.8, 4) is 23.7 Å². The molecule has 8 saturated carbocycles. The van der Waals surface area contributed by atoms with E-state index in [0.29, 0.717) is 95.1 Å². The van der Waals surface area contributed by atoms with Crippen LogP contribution in [0.1, 0.15) is 222 Å². The summed E-state index contributed by atoms with van der Waals surface area (Å²) in [4.78, 5) is 64.0. The molecule has 11 nitrogen and oxygen atoms in total. The fourth-order valence-corrected chi connectivity index (χ4v) is 21.6. The third kappa shape index (κ3) is 12.2. The molecule has 8 fully saturated rings. The number of alkyl carbamates (subject to hydrolysis) is 1. The van der Waals surface area contributed by atoms with Crippen molar-refractivity contribution in [3.05, 3.63) is 47.5 Å². The lowest BCUT2D eigenvalue weighted by Crippen LogP contribution is -2.54. The van der Waals surface area contributed by atoms with E-state index in [2.05, 4.69) is 75.1 Å². The molecule has 1 aromatic heterocycles. The molecule has 11 rings (SSSR count). The lowest BCUT2D eigenvalue weighted by molar-refractivity contribution is -0.157. The zero-order chi connectivity index (χ0) is 61.1. The van der Waals surface area contributed by atoms with Crippen LogP contribution in [0.3, 0.4) is 0 Å². The Morgan fingerprint density at radius 3 is 1.51 bits per heavy atom. The first-order chi connectivity index (χ1) is 40.9. The monoisotopic (exact) mass is 1170 g/mol. The zero-order valence-electron chi connectivity index (χ0n) is 54.1. The predicted octanol–water partition coefficient (Wildman–Crippen LogP) is 15.8. The van der Waals surface area contributed by atoms with Gasteiger partial charge in [-0.1, -0.05) is 65.5 Å². The maximum absolute atomic E-state index is 13.6. The van der Waals surface area contributed by atoms with Crippen LogP contribution in [0.2, 0.25) is 0 Å². The summed E-state index contributed by atoms with van der Waals surface area (Å²) in [6.45, 7) is 23.1. The maximum Gasteiger partial charge on any atom is 0.407 e. The number of rotatable bonds is 13.